The van der Waals surface area contributed by atoms with E-state index in [2.05, 4.69) is 20.0 Å². The van der Waals surface area contributed by atoms with Gasteiger partial charge in [0.05, 0.1) is 4.92 Å². The Morgan fingerprint density at radius 2 is 2.30 bits per heavy atom. The zero-order valence-corrected chi connectivity index (χ0v) is 10.1. The molecule has 0 unspecified atom stereocenters. The first-order valence-corrected chi connectivity index (χ1v) is 5.55. The average Bonchev–Trinajstić information content (AvgIpc) is 2.92. The summed E-state index contributed by atoms with van der Waals surface area (Å²) in [4.78, 5) is 25.2. The molecule has 0 spiro atoms. The molecule has 0 bridgehead atoms. The molecule has 0 atom stereocenters. The van der Waals surface area contributed by atoms with Crippen molar-refractivity contribution in [2.45, 2.75) is 6.42 Å². The van der Waals surface area contributed by atoms with E-state index in [1.54, 1.807) is 0 Å². The van der Waals surface area contributed by atoms with E-state index in [0.717, 1.165) is 12.1 Å². The van der Waals surface area contributed by atoms with Crippen molar-refractivity contribution in [1.29, 1.82) is 0 Å². The molecule has 1 aromatic carbocycles. The number of carbonyl (C=O) groups excluding carboxylic acids is 1. The van der Waals surface area contributed by atoms with Gasteiger partial charge in [-0.25, -0.2) is 0 Å². The molecule has 2 rings (SSSR count). The molecule has 104 valence electrons. The van der Waals surface area contributed by atoms with Crippen LogP contribution in [0.1, 0.15) is 16.2 Å². The third-order valence-corrected chi connectivity index (χ3v) is 2.45. The second kappa shape index (κ2) is 5.87. The van der Waals surface area contributed by atoms with Crippen LogP contribution in [0, 0.1) is 15.9 Å². The first-order chi connectivity index (χ1) is 9.58. The molecule has 1 aromatic heterocycles. The minimum Gasteiger partial charge on any atom is -0.352 e. The number of rotatable bonds is 5. The van der Waals surface area contributed by atoms with Crippen LogP contribution in [0.2, 0.25) is 0 Å². The predicted octanol–water partition coefficient (Wildman–Crippen LogP) is 1.09. The lowest BCUT2D eigenvalue weighted by molar-refractivity contribution is -0.387. The van der Waals surface area contributed by atoms with Crippen LogP contribution in [-0.4, -0.2) is 27.5 Å². The maximum absolute atomic E-state index is 13.1. The van der Waals surface area contributed by atoms with E-state index in [9.17, 15) is 19.3 Å². The van der Waals surface area contributed by atoms with Gasteiger partial charge in [-0.1, -0.05) is 5.16 Å². The van der Waals surface area contributed by atoms with Gasteiger partial charge in [-0.15, -0.1) is 0 Å². The summed E-state index contributed by atoms with van der Waals surface area (Å²) < 4.78 is 17.6. The fourth-order valence-corrected chi connectivity index (χ4v) is 1.49. The molecule has 0 fully saturated rings. The number of hydrogen-bond acceptors (Lipinski definition) is 6. The monoisotopic (exact) mass is 280 g/mol. The van der Waals surface area contributed by atoms with E-state index in [-0.39, 0.29) is 12.1 Å². The van der Waals surface area contributed by atoms with Gasteiger partial charge < -0.3 is 9.84 Å². The van der Waals surface area contributed by atoms with Crippen LogP contribution in [0.25, 0.3) is 0 Å². The topological polar surface area (TPSA) is 111 Å². The molecular formula is C11H9FN4O4. The Morgan fingerprint density at radius 1 is 1.50 bits per heavy atom. The Hall–Kier alpha value is -2.84. The number of halogens is 1. The Morgan fingerprint density at radius 3 is 2.95 bits per heavy atom. The fourth-order valence-electron chi connectivity index (χ4n) is 1.49. The molecule has 1 amide bonds. The number of carbonyl (C=O) groups is 1. The van der Waals surface area contributed by atoms with Crippen molar-refractivity contribution in [3.63, 3.8) is 0 Å². The summed E-state index contributed by atoms with van der Waals surface area (Å²) in [5, 5.41) is 16.6. The molecular weight excluding hydrogens is 271 g/mol. The number of amides is 1. The fraction of sp³-hybridized carbons (Fsp3) is 0.182. The highest BCUT2D eigenvalue weighted by molar-refractivity contribution is 5.94. The number of nitrogens with one attached hydrogen (secondary N) is 1. The summed E-state index contributed by atoms with van der Waals surface area (Å²) in [6.45, 7) is 0.226. The van der Waals surface area contributed by atoms with Crippen LogP contribution >= 0.6 is 0 Å². The first kappa shape index (κ1) is 13.6. The van der Waals surface area contributed by atoms with Crippen molar-refractivity contribution in [1.82, 2.24) is 15.5 Å². The highest BCUT2D eigenvalue weighted by Crippen LogP contribution is 2.18. The van der Waals surface area contributed by atoms with Gasteiger partial charge in [0.1, 0.15) is 0 Å². The lowest BCUT2D eigenvalue weighted by Crippen LogP contribution is -2.26. The van der Waals surface area contributed by atoms with Crippen LogP contribution in [0.15, 0.2) is 29.1 Å². The van der Waals surface area contributed by atoms with Gasteiger partial charge in [0, 0.05) is 24.6 Å². The molecule has 20 heavy (non-hydrogen) atoms. The average molecular weight is 280 g/mol. The van der Waals surface area contributed by atoms with E-state index >= 15 is 0 Å². The SMILES string of the molecule is O=C(NCCc1ncon1)c1ccc(F)c([N+](=O)[O-])c1. The van der Waals surface area contributed by atoms with Gasteiger partial charge in [0.2, 0.25) is 12.2 Å². The second-order valence-corrected chi connectivity index (χ2v) is 3.78. The van der Waals surface area contributed by atoms with Crippen molar-refractivity contribution < 1.29 is 18.6 Å². The van der Waals surface area contributed by atoms with Crippen molar-refractivity contribution in [2.24, 2.45) is 0 Å². The van der Waals surface area contributed by atoms with Crippen LogP contribution in [0.5, 0.6) is 0 Å². The Balaban J connectivity index is 1.98. The summed E-state index contributed by atoms with van der Waals surface area (Å²) in [7, 11) is 0. The van der Waals surface area contributed by atoms with E-state index in [4.69, 9.17) is 0 Å². The summed E-state index contributed by atoms with van der Waals surface area (Å²) in [6, 6.07) is 2.94. The second-order valence-electron chi connectivity index (χ2n) is 3.78. The maximum atomic E-state index is 13.1. The maximum Gasteiger partial charge on any atom is 0.305 e. The molecule has 0 saturated carbocycles. The zero-order valence-electron chi connectivity index (χ0n) is 10.1. The molecule has 0 aliphatic heterocycles. The number of benzene rings is 1. The Labute approximate surface area is 111 Å². The number of nitro groups is 1. The molecule has 0 aliphatic carbocycles. The molecule has 8 nitrogen and oxygen atoms in total. The highest BCUT2D eigenvalue weighted by atomic mass is 19.1. The van der Waals surface area contributed by atoms with Gasteiger partial charge in [-0.05, 0) is 12.1 Å². The molecule has 1 N–H and O–H groups in total. The Bertz CT molecular complexity index is 629. The van der Waals surface area contributed by atoms with Crippen LogP contribution < -0.4 is 5.32 Å². The van der Waals surface area contributed by atoms with E-state index in [1.807, 2.05) is 0 Å². The molecule has 9 heteroatoms. The number of aromatic nitrogens is 2. The first-order valence-electron chi connectivity index (χ1n) is 5.55. The number of hydrogen-bond donors (Lipinski definition) is 1. The van der Waals surface area contributed by atoms with Gasteiger partial charge in [0.25, 0.3) is 5.91 Å². The van der Waals surface area contributed by atoms with E-state index < -0.39 is 22.3 Å². The lowest BCUT2D eigenvalue weighted by atomic mass is 10.2. The molecule has 0 saturated heterocycles. The summed E-state index contributed by atoms with van der Waals surface area (Å²) in [5.41, 5.74) is -0.734. The highest BCUT2D eigenvalue weighted by Gasteiger charge is 2.17. The number of nitrogens with zero attached hydrogens (tertiary/aromatic N) is 3. The zero-order chi connectivity index (χ0) is 14.5. The largest absolute Gasteiger partial charge is 0.352 e. The van der Waals surface area contributed by atoms with Crippen molar-refractivity contribution in [2.75, 3.05) is 6.54 Å². The van der Waals surface area contributed by atoms with Crippen molar-refractivity contribution in [3.8, 4) is 0 Å². The lowest BCUT2D eigenvalue weighted by Gasteiger charge is -2.03. The number of nitro benzene ring substituents is 1. The minimum atomic E-state index is -0.988. The smallest absolute Gasteiger partial charge is 0.305 e. The molecule has 0 aliphatic rings. The Kier molecular flexibility index (Phi) is 3.99. The van der Waals surface area contributed by atoms with Crippen LogP contribution in [-0.2, 0) is 6.42 Å². The van der Waals surface area contributed by atoms with Gasteiger partial charge in [-0.3, -0.25) is 14.9 Å². The molecule has 0 radical (unpaired) electrons. The van der Waals surface area contributed by atoms with Gasteiger partial charge in [-0.2, -0.15) is 9.37 Å². The van der Waals surface area contributed by atoms with Crippen molar-refractivity contribution >= 4 is 11.6 Å². The summed E-state index contributed by atoms with van der Waals surface area (Å²) in [6.07, 6.45) is 1.52. The van der Waals surface area contributed by atoms with Gasteiger partial charge >= 0.3 is 5.69 Å². The third kappa shape index (κ3) is 3.13. The van der Waals surface area contributed by atoms with Crippen LogP contribution in [0.4, 0.5) is 10.1 Å². The summed E-state index contributed by atoms with van der Waals surface area (Å²) >= 11 is 0. The predicted molar refractivity (Wildman–Crippen MR) is 63.4 cm³/mol. The van der Waals surface area contributed by atoms with Gasteiger partial charge in [0.15, 0.2) is 5.82 Å². The van der Waals surface area contributed by atoms with E-state index in [0.29, 0.717) is 12.2 Å². The van der Waals surface area contributed by atoms with E-state index in [1.165, 1.54) is 12.5 Å². The molecule has 2 aromatic rings. The normalized spacial score (nSPS) is 10.2. The minimum absolute atomic E-state index is 0.00575. The quantitative estimate of drug-likeness (QED) is 0.648. The van der Waals surface area contributed by atoms with Crippen LogP contribution in [0.3, 0.4) is 0 Å². The standard InChI is InChI=1S/C11H9FN4O4/c12-8-2-1-7(5-9(8)16(18)19)11(17)13-4-3-10-14-6-20-15-10/h1-2,5-6H,3-4H2,(H,13,17). The molecule has 1 heterocycles. The summed E-state index contributed by atoms with van der Waals surface area (Å²) in [5.74, 6) is -1.11. The van der Waals surface area contributed by atoms with Crippen molar-refractivity contribution in [3.05, 3.63) is 51.9 Å². The third-order valence-electron chi connectivity index (χ3n) is 2.45.